The molecule has 1 saturated heterocycles. The Bertz CT molecular complexity index is 1090. The molecule has 0 atom stereocenters. The first-order valence-electron chi connectivity index (χ1n) is 9.73. The Morgan fingerprint density at radius 2 is 2.00 bits per heavy atom. The summed E-state index contributed by atoms with van der Waals surface area (Å²) in [6.07, 6.45) is 0.814. The average Bonchev–Trinajstić information content (AvgIpc) is 3.11. The molecule has 1 amide bonds. The molecule has 4 rings (SSSR count). The number of nitrogens with zero attached hydrogens (tertiary/aromatic N) is 5. The highest BCUT2D eigenvalue weighted by molar-refractivity contribution is 5.94. The Balaban J connectivity index is 1.38. The number of hydrogen-bond acceptors (Lipinski definition) is 6. The molecule has 0 radical (unpaired) electrons. The SMILES string of the molecule is N#Cc1cccc(C(=O)N2CCCN(Cc3nc(-c4cccc(F)c4)no3)CC2)c1. The van der Waals surface area contributed by atoms with Gasteiger partial charge in [0.25, 0.3) is 5.91 Å². The minimum Gasteiger partial charge on any atom is -0.338 e. The van der Waals surface area contributed by atoms with Gasteiger partial charge in [-0.25, -0.2) is 4.39 Å². The Hall–Kier alpha value is -3.57. The molecule has 152 valence electrons. The Labute approximate surface area is 173 Å². The Morgan fingerprint density at radius 3 is 2.83 bits per heavy atom. The molecule has 2 heterocycles. The summed E-state index contributed by atoms with van der Waals surface area (Å²) in [6.45, 7) is 3.14. The fourth-order valence-electron chi connectivity index (χ4n) is 3.49. The van der Waals surface area contributed by atoms with Crippen LogP contribution in [0.2, 0.25) is 0 Å². The van der Waals surface area contributed by atoms with Crippen LogP contribution in [-0.2, 0) is 6.54 Å². The van der Waals surface area contributed by atoms with E-state index in [1.165, 1.54) is 12.1 Å². The molecule has 7 nitrogen and oxygen atoms in total. The molecule has 0 saturated carbocycles. The molecule has 30 heavy (non-hydrogen) atoms. The van der Waals surface area contributed by atoms with E-state index in [9.17, 15) is 9.18 Å². The number of rotatable bonds is 4. The van der Waals surface area contributed by atoms with Crippen LogP contribution >= 0.6 is 0 Å². The second-order valence-corrected chi connectivity index (χ2v) is 7.14. The molecule has 0 aliphatic carbocycles. The van der Waals surface area contributed by atoms with Gasteiger partial charge in [-0.05, 0) is 36.8 Å². The Morgan fingerprint density at radius 1 is 1.13 bits per heavy atom. The van der Waals surface area contributed by atoms with Gasteiger partial charge in [0.15, 0.2) is 0 Å². The molecule has 8 heteroatoms. The van der Waals surface area contributed by atoms with Crippen molar-refractivity contribution in [3.05, 3.63) is 71.4 Å². The van der Waals surface area contributed by atoms with Crippen molar-refractivity contribution in [1.82, 2.24) is 19.9 Å². The van der Waals surface area contributed by atoms with Crippen LogP contribution in [0.4, 0.5) is 4.39 Å². The minimum atomic E-state index is -0.351. The van der Waals surface area contributed by atoms with Crippen molar-refractivity contribution in [2.45, 2.75) is 13.0 Å². The summed E-state index contributed by atoms with van der Waals surface area (Å²) in [4.78, 5) is 21.1. The van der Waals surface area contributed by atoms with Gasteiger partial charge in [-0.2, -0.15) is 10.2 Å². The molecular weight excluding hydrogens is 385 g/mol. The molecule has 0 unspecified atom stereocenters. The van der Waals surface area contributed by atoms with Gasteiger partial charge in [0.2, 0.25) is 11.7 Å². The Kier molecular flexibility index (Phi) is 5.82. The van der Waals surface area contributed by atoms with Crippen LogP contribution < -0.4 is 0 Å². The van der Waals surface area contributed by atoms with E-state index in [1.807, 2.05) is 4.90 Å². The molecule has 1 aromatic heterocycles. The topological polar surface area (TPSA) is 86.3 Å². The smallest absolute Gasteiger partial charge is 0.253 e. The van der Waals surface area contributed by atoms with E-state index in [2.05, 4.69) is 21.1 Å². The summed E-state index contributed by atoms with van der Waals surface area (Å²) in [5, 5.41) is 13.0. The van der Waals surface area contributed by atoms with Crippen LogP contribution in [0.25, 0.3) is 11.4 Å². The van der Waals surface area contributed by atoms with E-state index in [0.717, 1.165) is 13.0 Å². The van der Waals surface area contributed by atoms with Crippen LogP contribution in [-0.4, -0.2) is 52.0 Å². The van der Waals surface area contributed by atoms with Gasteiger partial charge >= 0.3 is 0 Å². The lowest BCUT2D eigenvalue weighted by Gasteiger charge is -2.21. The molecule has 0 bridgehead atoms. The van der Waals surface area contributed by atoms with Gasteiger partial charge in [0.05, 0.1) is 18.2 Å². The third kappa shape index (κ3) is 4.53. The quantitative estimate of drug-likeness (QED) is 0.663. The molecule has 2 aromatic carbocycles. The van der Waals surface area contributed by atoms with Gasteiger partial charge in [-0.15, -0.1) is 0 Å². The average molecular weight is 405 g/mol. The molecule has 3 aromatic rings. The van der Waals surface area contributed by atoms with E-state index >= 15 is 0 Å². The van der Waals surface area contributed by atoms with Gasteiger partial charge < -0.3 is 9.42 Å². The number of amides is 1. The monoisotopic (exact) mass is 405 g/mol. The number of halogens is 1. The zero-order valence-corrected chi connectivity index (χ0v) is 16.3. The number of carbonyl (C=O) groups excluding carboxylic acids is 1. The van der Waals surface area contributed by atoms with Crippen LogP contribution in [0.1, 0.15) is 28.2 Å². The molecule has 0 N–H and O–H groups in total. The summed E-state index contributed by atoms with van der Waals surface area (Å²) in [7, 11) is 0. The van der Waals surface area contributed by atoms with Gasteiger partial charge in [-0.3, -0.25) is 9.69 Å². The number of hydrogen-bond donors (Lipinski definition) is 0. The van der Waals surface area contributed by atoms with Crippen molar-refractivity contribution in [3.63, 3.8) is 0 Å². The van der Waals surface area contributed by atoms with E-state index < -0.39 is 0 Å². The number of benzene rings is 2. The van der Waals surface area contributed by atoms with E-state index in [1.54, 1.807) is 36.4 Å². The highest BCUT2D eigenvalue weighted by Gasteiger charge is 2.22. The largest absolute Gasteiger partial charge is 0.338 e. The molecule has 0 spiro atoms. The highest BCUT2D eigenvalue weighted by atomic mass is 19.1. The first-order chi connectivity index (χ1) is 14.6. The first-order valence-corrected chi connectivity index (χ1v) is 9.73. The number of aromatic nitrogens is 2. The standard InChI is InChI=1S/C22H20FN5O2/c23-19-7-2-5-17(13-19)21-25-20(30-26-21)15-27-8-3-9-28(11-10-27)22(29)18-6-1-4-16(12-18)14-24/h1-2,4-7,12-13H,3,8-11,15H2. The van der Waals surface area contributed by atoms with Crippen LogP contribution in [0.5, 0.6) is 0 Å². The second kappa shape index (κ2) is 8.84. The summed E-state index contributed by atoms with van der Waals surface area (Å²) in [5.74, 6) is 0.390. The van der Waals surface area contributed by atoms with Crippen molar-refractivity contribution in [2.24, 2.45) is 0 Å². The van der Waals surface area contributed by atoms with Gasteiger partial charge in [0, 0.05) is 37.3 Å². The van der Waals surface area contributed by atoms with Crippen LogP contribution in [0.15, 0.2) is 53.1 Å². The normalized spacial score (nSPS) is 14.9. The van der Waals surface area contributed by atoms with Crippen LogP contribution in [0.3, 0.4) is 0 Å². The lowest BCUT2D eigenvalue weighted by atomic mass is 10.1. The van der Waals surface area contributed by atoms with Crippen molar-refractivity contribution >= 4 is 5.91 Å². The summed E-state index contributed by atoms with van der Waals surface area (Å²) in [6, 6.07) is 14.9. The minimum absolute atomic E-state index is 0.0693. The fraction of sp³-hybridized carbons (Fsp3) is 0.273. The first kappa shape index (κ1) is 19.7. The lowest BCUT2D eigenvalue weighted by Crippen LogP contribution is -2.35. The third-order valence-electron chi connectivity index (χ3n) is 5.02. The van der Waals surface area contributed by atoms with E-state index in [-0.39, 0.29) is 11.7 Å². The zero-order chi connectivity index (χ0) is 20.9. The maximum absolute atomic E-state index is 13.4. The van der Waals surface area contributed by atoms with Crippen molar-refractivity contribution < 1.29 is 13.7 Å². The predicted molar refractivity (Wildman–Crippen MR) is 107 cm³/mol. The highest BCUT2D eigenvalue weighted by Crippen LogP contribution is 2.18. The predicted octanol–water partition coefficient (Wildman–Crippen LogP) is 3.10. The van der Waals surface area contributed by atoms with Crippen molar-refractivity contribution in [1.29, 1.82) is 5.26 Å². The third-order valence-corrected chi connectivity index (χ3v) is 5.02. The summed E-state index contributed by atoms with van der Waals surface area (Å²) in [5.41, 5.74) is 1.57. The van der Waals surface area contributed by atoms with E-state index in [4.69, 9.17) is 9.78 Å². The second-order valence-electron chi connectivity index (χ2n) is 7.14. The molecular formula is C22H20FN5O2. The van der Waals surface area contributed by atoms with Gasteiger partial charge in [0.1, 0.15) is 5.82 Å². The summed E-state index contributed by atoms with van der Waals surface area (Å²) < 4.78 is 18.7. The van der Waals surface area contributed by atoms with Crippen molar-refractivity contribution in [2.75, 3.05) is 26.2 Å². The number of carbonyl (C=O) groups is 1. The molecule has 1 fully saturated rings. The maximum Gasteiger partial charge on any atom is 0.253 e. The van der Waals surface area contributed by atoms with Gasteiger partial charge in [-0.1, -0.05) is 23.4 Å². The number of nitriles is 1. The zero-order valence-electron chi connectivity index (χ0n) is 16.3. The van der Waals surface area contributed by atoms with E-state index in [0.29, 0.717) is 54.6 Å². The molecule has 1 aliphatic rings. The lowest BCUT2D eigenvalue weighted by molar-refractivity contribution is 0.0760. The van der Waals surface area contributed by atoms with Crippen LogP contribution in [0, 0.1) is 17.1 Å². The fourth-order valence-corrected chi connectivity index (χ4v) is 3.49. The molecule has 1 aliphatic heterocycles. The maximum atomic E-state index is 13.4. The van der Waals surface area contributed by atoms with Crippen molar-refractivity contribution in [3.8, 4) is 17.5 Å². The summed E-state index contributed by atoms with van der Waals surface area (Å²) >= 11 is 0.